The van der Waals surface area contributed by atoms with Crippen LogP contribution < -0.4 is 20.7 Å². The maximum absolute atomic E-state index is 11.6. The van der Waals surface area contributed by atoms with E-state index in [-0.39, 0.29) is 11.9 Å². The molecular formula is C16H25N3O2. The van der Waals surface area contributed by atoms with E-state index in [1.165, 1.54) is 5.69 Å². The van der Waals surface area contributed by atoms with Crippen molar-refractivity contribution in [1.82, 2.24) is 5.32 Å². The third kappa shape index (κ3) is 4.63. The number of methoxy groups -OCH3 is 1. The first-order valence-electron chi connectivity index (χ1n) is 7.49. The van der Waals surface area contributed by atoms with E-state index in [9.17, 15) is 4.79 Å². The standard InChI is InChI=1S/C16H25N3O2/c1-12(17)8-16(20)18-10-13-6-7-19(11-13)14-4-3-5-15(9-14)21-2/h3-5,9,12-13H,6-8,10-11,17H2,1-2H3,(H,18,20). The highest BCUT2D eigenvalue weighted by Gasteiger charge is 2.23. The average molecular weight is 291 g/mol. The molecule has 0 spiro atoms. The van der Waals surface area contributed by atoms with Crippen molar-refractivity contribution in [1.29, 1.82) is 0 Å². The van der Waals surface area contributed by atoms with E-state index in [1.807, 2.05) is 19.1 Å². The third-order valence-electron chi connectivity index (χ3n) is 3.80. The molecule has 1 aromatic rings. The molecule has 2 rings (SSSR count). The molecule has 0 aliphatic carbocycles. The molecule has 21 heavy (non-hydrogen) atoms. The average Bonchev–Trinajstić information content (AvgIpc) is 2.93. The quantitative estimate of drug-likeness (QED) is 0.831. The van der Waals surface area contributed by atoms with Gasteiger partial charge in [0, 0.05) is 43.9 Å². The molecule has 0 saturated carbocycles. The summed E-state index contributed by atoms with van der Waals surface area (Å²) >= 11 is 0. The summed E-state index contributed by atoms with van der Waals surface area (Å²) in [6, 6.07) is 8.02. The van der Waals surface area contributed by atoms with E-state index in [0.717, 1.165) is 31.8 Å². The maximum atomic E-state index is 11.6. The number of carbonyl (C=O) groups is 1. The van der Waals surface area contributed by atoms with E-state index < -0.39 is 0 Å². The number of nitrogens with one attached hydrogen (secondary N) is 1. The minimum Gasteiger partial charge on any atom is -0.497 e. The number of ether oxygens (including phenoxy) is 1. The second kappa shape index (κ2) is 7.31. The molecule has 1 aromatic carbocycles. The minimum atomic E-state index is -0.0816. The van der Waals surface area contributed by atoms with Gasteiger partial charge in [0.2, 0.25) is 5.91 Å². The Kier molecular flexibility index (Phi) is 5.44. The molecule has 1 heterocycles. The predicted molar refractivity (Wildman–Crippen MR) is 84.6 cm³/mol. The molecule has 5 nitrogen and oxygen atoms in total. The first-order chi connectivity index (χ1) is 10.1. The summed E-state index contributed by atoms with van der Waals surface area (Å²) in [7, 11) is 1.68. The van der Waals surface area contributed by atoms with Crippen LogP contribution in [0.15, 0.2) is 24.3 Å². The number of benzene rings is 1. The van der Waals surface area contributed by atoms with Crippen molar-refractivity contribution in [2.24, 2.45) is 11.7 Å². The van der Waals surface area contributed by atoms with Crippen LogP contribution in [0.3, 0.4) is 0 Å². The number of hydrogen-bond donors (Lipinski definition) is 2. The molecule has 1 aliphatic rings. The third-order valence-corrected chi connectivity index (χ3v) is 3.80. The van der Waals surface area contributed by atoms with E-state index in [4.69, 9.17) is 10.5 Å². The van der Waals surface area contributed by atoms with Gasteiger partial charge < -0.3 is 20.7 Å². The highest BCUT2D eigenvalue weighted by Crippen LogP contribution is 2.26. The van der Waals surface area contributed by atoms with Crippen molar-refractivity contribution in [2.75, 3.05) is 31.6 Å². The van der Waals surface area contributed by atoms with Crippen LogP contribution in [0.5, 0.6) is 5.75 Å². The van der Waals surface area contributed by atoms with Crippen molar-refractivity contribution >= 4 is 11.6 Å². The number of rotatable bonds is 6. The molecular weight excluding hydrogens is 266 g/mol. The first-order valence-corrected chi connectivity index (χ1v) is 7.49. The zero-order valence-corrected chi connectivity index (χ0v) is 12.8. The fourth-order valence-corrected chi connectivity index (χ4v) is 2.66. The van der Waals surface area contributed by atoms with Crippen LogP contribution in [0.2, 0.25) is 0 Å². The van der Waals surface area contributed by atoms with E-state index in [1.54, 1.807) is 7.11 Å². The molecule has 1 saturated heterocycles. The number of nitrogens with zero attached hydrogens (tertiary/aromatic N) is 1. The van der Waals surface area contributed by atoms with Crippen molar-refractivity contribution in [2.45, 2.75) is 25.8 Å². The fourth-order valence-electron chi connectivity index (χ4n) is 2.66. The summed E-state index contributed by atoms with van der Waals surface area (Å²) in [5.74, 6) is 1.42. The van der Waals surface area contributed by atoms with Gasteiger partial charge in [-0.1, -0.05) is 6.07 Å². The summed E-state index contributed by atoms with van der Waals surface area (Å²) in [6.07, 6.45) is 1.49. The van der Waals surface area contributed by atoms with Gasteiger partial charge >= 0.3 is 0 Å². The topological polar surface area (TPSA) is 67.6 Å². The Balaban J connectivity index is 1.81. The second-order valence-electron chi connectivity index (χ2n) is 5.79. The van der Waals surface area contributed by atoms with Crippen LogP contribution in [0.1, 0.15) is 19.8 Å². The fraction of sp³-hybridized carbons (Fsp3) is 0.562. The predicted octanol–water partition coefficient (Wildman–Crippen LogP) is 1.37. The van der Waals surface area contributed by atoms with E-state index in [2.05, 4.69) is 22.3 Å². The Labute approximate surface area is 126 Å². The highest BCUT2D eigenvalue weighted by atomic mass is 16.5. The molecule has 1 amide bonds. The van der Waals surface area contributed by atoms with Crippen LogP contribution in [0.4, 0.5) is 5.69 Å². The Morgan fingerprint density at radius 3 is 3.10 bits per heavy atom. The molecule has 0 bridgehead atoms. The number of amides is 1. The van der Waals surface area contributed by atoms with Crippen LogP contribution >= 0.6 is 0 Å². The second-order valence-corrected chi connectivity index (χ2v) is 5.79. The van der Waals surface area contributed by atoms with Gasteiger partial charge in [-0.15, -0.1) is 0 Å². The molecule has 1 fully saturated rings. The Hall–Kier alpha value is -1.75. The van der Waals surface area contributed by atoms with Crippen molar-refractivity contribution in [3.05, 3.63) is 24.3 Å². The Bertz CT molecular complexity index is 476. The molecule has 1 aliphatic heterocycles. The zero-order valence-electron chi connectivity index (χ0n) is 12.8. The van der Waals surface area contributed by atoms with Crippen molar-refractivity contribution < 1.29 is 9.53 Å². The largest absolute Gasteiger partial charge is 0.497 e. The monoisotopic (exact) mass is 291 g/mol. The Morgan fingerprint density at radius 2 is 2.38 bits per heavy atom. The summed E-state index contributed by atoms with van der Waals surface area (Å²) in [6.45, 7) is 4.55. The molecule has 2 unspecified atom stereocenters. The lowest BCUT2D eigenvalue weighted by atomic mass is 10.1. The summed E-state index contributed by atoms with van der Waals surface area (Å²) in [5.41, 5.74) is 6.80. The summed E-state index contributed by atoms with van der Waals surface area (Å²) in [5, 5.41) is 2.98. The van der Waals surface area contributed by atoms with Crippen molar-refractivity contribution in [3.63, 3.8) is 0 Å². The molecule has 2 atom stereocenters. The lowest BCUT2D eigenvalue weighted by molar-refractivity contribution is -0.121. The molecule has 116 valence electrons. The highest BCUT2D eigenvalue weighted by molar-refractivity contribution is 5.76. The SMILES string of the molecule is COc1cccc(N2CCC(CNC(=O)CC(C)N)C2)c1. The molecule has 5 heteroatoms. The number of hydrogen-bond acceptors (Lipinski definition) is 4. The van der Waals surface area contributed by atoms with E-state index in [0.29, 0.717) is 12.3 Å². The Morgan fingerprint density at radius 1 is 1.57 bits per heavy atom. The van der Waals surface area contributed by atoms with Gasteiger partial charge in [-0.3, -0.25) is 4.79 Å². The molecule has 3 N–H and O–H groups in total. The lowest BCUT2D eigenvalue weighted by Gasteiger charge is -2.19. The van der Waals surface area contributed by atoms with Gasteiger partial charge in [0.1, 0.15) is 5.75 Å². The van der Waals surface area contributed by atoms with Gasteiger partial charge in [-0.25, -0.2) is 0 Å². The number of carbonyl (C=O) groups excluding carboxylic acids is 1. The number of anilines is 1. The van der Waals surface area contributed by atoms with Gasteiger partial charge in [-0.05, 0) is 31.4 Å². The molecule has 0 aromatic heterocycles. The zero-order chi connectivity index (χ0) is 15.2. The summed E-state index contributed by atoms with van der Waals surface area (Å²) < 4.78 is 5.26. The lowest BCUT2D eigenvalue weighted by Crippen LogP contribution is -2.34. The summed E-state index contributed by atoms with van der Waals surface area (Å²) in [4.78, 5) is 14.0. The maximum Gasteiger partial charge on any atom is 0.221 e. The number of nitrogens with two attached hydrogens (primary N) is 1. The van der Waals surface area contributed by atoms with E-state index >= 15 is 0 Å². The first kappa shape index (κ1) is 15.6. The van der Waals surface area contributed by atoms with Crippen LogP contribution in [-0.2, 0) is 4.79 Å². The minimum absolute atomic E-state index is 0.0461. The van der Waals surface area contributed by atoms with Crippen LogP contribution in [0.25, 0.3) is 0 Å². The van der Waals surface area contributed by atoms with Gasteiger partial charge in [0.25, 0.3) is 0 Å². The normalized spacial score (nSPS) is 19.4. The molecule has 0 radical (unpaired) electrons. The van der Waals surface area contributed by atoms with Gasteiger partial charge in [0.05, 0.1) is 7.11 Å². The van der Waals surface area contributed by atoms with Crippen molar-refractivity contribution in [3.8, 4) is 5.75 Å². The van der Waals surface area contributed by atoms with Crippen LogP contribution in [0, 0.1) is 5.92 Å². The van der Waals surface area contributed by atoms with Gasteiger partial charge in [-0.2, -0.15) is 0 Å². The van der Waals surface area contributed by atoms with Gasteiger partial charge in [0.15, 0.2) is 0 Å². The smallest absolute Gasteiger partial charge is 0.221 e. The van der Waals surface area contributed by atoms with Crippen LogP contribution in [-0.4, -0.2) is 38.7 Å².